The summed E-state index contributed by atoms with van der Waals surface area (Å²) in [5, 5.41) is 17.5. The molecule has 0 saturated heterocycles. The minimum atomic E-state index is -0.478. The standard InChI is InChI=1S/C19H28N4O2/c1-12(2)17(24)19(5,6)11-20-18(25)15-7-9-16(10-8-15)23-14(4)21-13(3)22-23/h7-10,12,17,24H,11H2,1-6H3,(H,20,25). The number of rotatable bonds is 6. The fraction of sp³-hybridized carbons (Fsp3) is 0.526. The number of nitrogens with zero attached hydrogens (tertiary/aromatic N) is 3. The molecule has 0 fully saturated rings. The third-order valence-electron chi connectivity index (χ3n) is 4.39. The fourth-order valence-corrected chi connectivity index (χ4v) is 2.94. The van der Waals surface area contributed by atoms with Crippen molar-refractivity contribution in [3.8, 4) is 5.69 Å². The third kappa shape index (κ3) is 4.45. The lowest BCUT2D eigenvalue weighted by Crippen LogP contribution is -2.43. The molecule has 1 unspecified atom stereocenters. The van der Waals surface area contributed by atoms with Gasteiger partial charge in [-0.15, -0.1) is 0 Å². The second-order valence-corrected chi connectivity index (χ2v) is 7.53. The van der Waals surface area contributed by atoms with Gasteiger partial charge in [0.1, 0.15) is 11.6 Å². The van der Waals surface area contributed by atoms with Gasteiger partial charge >= 0.3 is 0 Å². The summed E-state index contributed by atoms with van der Waals surface area (Å²) in [4.78, 5) is 16.7. The van der Waals surface area contributed by atoms with Gasteiger partial charge in [-0.05, 0) is 44.0 Å². The van der Waals surface area contributed by atoms with E-state index in [1.54, 1.807) is 16.8 Å². The molecule has 0 aliphatic rings. The molecular weight excluding hydrogens is 316 g/mol. The van der Waals surface area contributed by atoms with E-state index in [-0.39, 0.29) is 17.2 Å². The monoisotopic (exact) mass is 344 g/mol. The summed E-state index contributed by atoms with van der Waals surface area (Å²) in [5.41, 5.74) is 1.05. The number of carbonyl (C=O) groups is 1. The zero-order valence-corrected chi connectivity index (χ0v) is 15.9. The van der Waals surface area contributed by atoms with E-state index in [9.17, 15) is 9.90 Å². The molecule has 1 amide bonds. The first-order chi connectivity index (χ1) is 11.6. The highest BCUT2D eigenvalue weighted by atomic mass is 16.3. The smallest absolute Gasteiger partial charge is 0.251 e. The number of carbonyl (C=O) groups excluding carboxylic acids is 1. The van der Waals surface area contributed by atoms with E-state index in [1.807, 2.05) is 53.7 Å². The molecule has 136 valence electrons. The van der Waals surface area contributed by atoms with Gasteiger partial charge in [-0.3, -0.25) is 4.79 Å². The Balaban J connectivity index is 2.05. The molecule has 2 rings (SSSR count). The first-order valence-electron chi connectivity index (χ1n) is 8.59. The SMILES string of the molecule is Cc1nc(C)n(-c2ccc(C(=O)NCC(C)(C)C(O)C(C)C)cc2)n1. The molecule has 0 bridgehead atoms. The average molecular weight is 344 g/mol. The van der Waals surface area contributed by atoms with Crippen molar-refractivity contribution in [3.05, 3.63) is 41.5 Å². The van der Waals surface area contributed by atoms with E-state index in [0.717, 1.165) is 11.5 Å². The molecule has 1 aromatic heterocycles. The number of aliphatic hydroxyl groups excluding tert-OH is 1. The van der Waals surface area contributed by atoms with E-state index < -0.39 is 6.10 Å². The van der Waals surface area contributed by atoms with Gasteiger partial charge in [0, 0.05) is 17.5 Å². The van der Waals surface area contributed by atoms with E-state index >= 15 is 0 Å². The molecule has 25 heavy (non-hydrogen) atoms. The van der Waals surface area contributed by atoms with Crippen LogP contribution in [0, 0.1) is 25.2 Å². The van der Waals surface area contributed by atoms with Crippen molar-refractivity contribution in [2.75, 3.05) is 6.54 Å². The molecule has 0 aliphatic heterocycles. The molecule has 0 aliphatic carbocycles. The predicted molar refractivity (Wildman–Crippen MR) is 97.8 cm³/mol. The largest absolute Gasteiger partial charge is 0.392 e. The first-order valence-corrected chi connectivity index (χ1v) is 8.59. The molecule has 2 N–H and O–H groups in total. The Hall–Kier alpha value is -2.21. The highest BCUT2D eigenvalue weighted by Gasteiger charge is 2.30. The molecule has 1 heterocycles. The third-order valence-corrected chi connectivity index (χ3v) is 4.39. The highest BCUT2D eigenvalue weighted by molar-refractivity contribution is 5.94. The maximum atomic E-state index is 12.4. The van der Waals surface area contributed by atoms with Gasteiger partial charge in [-0.25, -0.2) is 9.67 Å². The van der Waals surface area contributed by atoms with E-state index in [4.69, 9.17) is 0 Å². The molecular formula is C19H28N4O2. The summed E-state index contributed by atoms with van der Waals surface area (Å²) in [5.74, 6) is 1.51. The number of benzene rings is 1. The second kappa shape index (κ2) is 7.35. The maximum absolute atomic E-state index is 12.4. The summed E-state index contributed by atoms with van der Waals surface area (Å²) < 4.78 is 1.75. The van der Waals surface area contributed by atoms with Crippen molar-refractivity contribution >= 4 is 5.91 Å². The van der Waals surface area contributed by atoms with Crippen molar-refractivity contribution in [1.29, 1.82) is 0 Å². The predicted octanol–water partition coefficient (Wildman–Crippen LogP) is 2.66. The van der Waals surface area contributed by atoms with Crippen molar-refractivity contribution < 1.29 is 9.90 Å². The molecule has 2 aromatic rings. The van der Waals surface area contributed by atoms with Crippen LogP contribution in [0.2, 0.25) is 0 Å². The van der Waals surface area contributed by atoms with Crippen LogP contribution in [-0.4, -0.2) is 38.4 Å². The number of hydrogen-bond donors (Lipinski definition) is 2. The number of nitrogens with one attached hydrogen (secondary N) is 1. The van der Waals surface area contributed by atoms with E-state index in [2.05, 4.69) is 15.4 Å². The second-order valence-electron chi connectivity index (χ2n) is 7.53. The number of aliphatic hydroxyl groups is 1. The van der Waals surface area contributed by atoms with Gasteiger partial charge in [-0.2, -0.15) is 5.10 Å². The van der Waals surface area contributed by atoms with E-state index in [1.165, 1.54) is 0 Å². The Labute approximate surface area is 149 Å². The fourth-order valence-electron chi connectivity index (χ4n) is 2.94. The Morgan fingerprint density at radius 2 is 1.84 bits per heavy atom. The van der Waals surface area contributed by atoms with Crippen molar-refractivity contribution in [2.24, 2.45) is 11.3 Å². The van der Waals surface area contributed by atoms with Crippen LogP contribution >= 0.6 is 0 Å². The van der Waals surface area contributed by atoms with Gasteiger partial charge in [0.2, 0.25) is 0 Å². The lowest BCUT2D eigenvalue weighted by molar-refractivity contribution is 0.0138. The summed E-state index contributed by atoms with van der Waals surface area (Å²) >= 11 is 0. The van der Waals surface area contributed by atoms with Crippen molar-refractivity contribution in [1.82, 2.24) is 20.1 Å². The lowest BCUT2D eigenvalue weighted by Gasteiger charge is -2.33. The molecule has 0 radical (unpaired) electrons. The van der Waals surface area contributed by atoms with Crippen LogP contribution in [0.5, 0.6) is 0 Å². The number of aromatic nitrogens is 3. The highest BCUT2D eigenvalue weighted by Crippen LogP contribution is 2.25. The normalized spacial score (nSPS) is 13.1. The summed E-state index contributed by atoms with van der Waals surface area (Å²) in [6, 6.07) is 7.24. The molecule has 6 heteroatoms. The van der Waals surface area contributed by atoms with Crippen LogP contribution in [0.1, 0.15) is 49.7 Å². The Morgan fingerprint density at radius 3 is 2.32 bits per heavy atom. The molecule has 1 aromatic carbocycles. The quantitative estimate of drug-likeness (QED) is 0.844. The average Bonchev–Trinajstić information content (AvgIpc) is 2.90. The maximum Gasteiger partial charge on any atom is 0.251 e. The number of amides is 1. The Morgan fingerprint density at radius 1 is 1.24 bits per heavy atom. The number of aryl methyl sites for hydroxylation is 2. The van der Waals surface area contributed by atoms with Gasteiger partial charge in [0.15, 0.2) is 0 Å². The van der Waals surface area contributed by atoms with Crippen molar-refractivity contribution in [2.45, 2.75) is 47.6 Å². The lowest BCUT2D eigenvalue weighted by atomic mass is 9.80. The van der Waals surface area contributed by atoms with Gasteiger partial charge in [0.25, 0.3) is 5.91 Å². The molecule has 1 atom stereocenters. The molecule has 0 spiro atoms. The van der Waals surface area contributed by atoms with Crippen LogP contribution < -0.4 is 5.32 Å². The van der Waals surface area contributed by atoms with Crippen LogP contribution in [0.3, 0.4) is 0 Å². The minimum Gasteiger partial charge on any atom is -0.392 e. The zero-order valence-electron chi connectivity index (χ0n) is 15.9. The van der Waals surface area contributed by atoms with Gasteiger partial charge in [0.05, 0.1) is 11.8 Å². The topological polar surface area (TPSA) is 80.0 Å². The van der Waals surface area contributed by atoms with E-state index in [0.29, 0.717) is 17.9 Å². The Bertz CT molecular complexity index is 732. The zero-order chi connectivity index (χ0) is 18.8. The van der Waals surface area contributed by atoms with Crippen LogP contribution in [0.4, 0.5) is 0 Å². The molecule has 6 nitrogen and oxygen atoms in total. The minimum absolute atomic E-state index is 0.139. The van der Waals surface area contributed by atoms with Gasteiger partial charge < -0.3 is 10.4 Å². The molecule has 0 saturated carbocycles. The number of hydrogen-bond acceptors (Lipinski definition) is 4. The van der Waals surface area contributed by atoms with Gasteiger partial charge in [-0.1, -0.05) is 27.7 Å². The van der Waals surface area contributed by atoms with Crippen LogP contribution in [0.15, 0.2) is 24.3 Å². The Kier molecular flexibility index (Phi) is 5.62. The summed E-state index contributed by atoms with van der Waals surface area (Å²) in [6.07, 6.45) is -0.478. The first kappa shape index (κ1) is 19.1. The summed E-state index contributed by atoms with van der Waals surface area (Å²) in [7, 11) is 0. The summed E-state index contributed by atoms with van der Waals surface area (Å²) in [6.45, 7) is 12.0. The van der Waals surface area contributed by atoms with Crippen LogP contribution in [-0.2, 0) is 0 Å². The van der Waals surface area contributed by atoms with Crippen LogP contribution in [0.25, 0.3) is 5.69 Å². The van der Waals surface area contributed by atoms with Crippen molar-refractivity contribution in [3.63, 3.8) is 0 Å².